The smallest absolute Gasteiger partial charge is 0.310 e. The molecule has 1 amide bonds. The summed E-state index contributed by atoms with van der Waals surface area (Å²) < 4.78 is 11.6. The summed E-state index contributed by atoms with van der Waals surface area (Å²) in [6.45, 7) is 11.8. The van der Waals surface area contributed by atoms with Crippen molar-refractivity contribution in [1.82, 2.24) is 20.0 Å². The SMILES string of the molecule is CCOC(=O)Cc1cccc(Cn2nc(C)ccc2=O)c1.Cc1ccc(C(=O)NCCCN2CCOCC2)cc1. The summed E-state index contributed by atoms with van der Waals surface area (Å²) in [5, 5.41) is 7.16. The summed E-state index contributed by atoms with van der Waals surface area (Å²) in [4.78, 5) is 37.5. The van der Waals surface area contributed by atoms with Gasteiger partial charge in [0.25, 0.3) is 11.5 Å². The normalized spacial score (nSPS) is 13.2. The fourth-order valence-electron chi connectivity index (χ4n) is 4.19. The van der Waals surface area contributed by atoms with Crippen LogP contribution in [0.15, 0.2) is 65.5 Å². The van der Waals surface area contributed by atoms with Gasteiger partial charge in [0, 0.05) is 31.3 Å². The van der Waals surface area contributed by atoms with Crippen LogP contribution < -0.4 is 10.9 Å². The quantitative estimate of drug-likeness (QED) is 0.307. The van der Waals surface area contributed by atoms with Crippen molar-refractivity contribution < 1.29 is 19.1 Å². The molecule has 1 aliphatic rings. The molecular weight excluding hydrogens is 508 g/mol. The lowest BCUT2D eigenvalue weighted by atomic mass is 10.1. The van der Waals surface area contributed by atoms with Gasteiger partial charge < -0.3 is 14.8 Å². The van der Waals surface area contributed by atoms with Crippen LogP contribution in [0.1, 0.15) is 46.1 Å². The monoisotopic (exact) mass is 548 g/mol. The van der Waals surface area contributed by atoms with Gasteiger partial charge in [0.1, 0.15) is 0 Å². The third-order valence-electron chi connectivity index (χ3n) is 6.33. The van der Waals surface area contributed by atoms with Crippen molar-refractivity contribution in [3.8, 4) is 0 Å². The molecule has 1 saturated heterocycles. The molecule has 1 aromatic heterocycles. The number of hydrogen-bond donors (Lipinski definition) is 1. The lowest BCUT2D eigenvalue weighted by Crippen LogP contribution is -2.38. The topological polar surface area (TPSA) is 103 Å². The van der Waals surface area contributed by atoms with Gasteiger partial charge in [-0.15, -0.1) is 0 Å². The minimum absolute atomic E-state index is 0.0157. The van der Waals surface area contributed by atoms with Crippen molar-refractivity contribution in [2.75, 3.05) is 46.0 Å². The fourth-order valence-corrected chi connectivity index (χ4v) is 4.19. The minimum Gasteiger partial charge on any atom is -0.466 e. The lowest BCUT2D eigenvalue weighted by molar-refractivity contribution is -0.142. The van der Waals surface area contributed by atoms with Crippen molar-refractivity contribution in [2.45, 2.75) is 40.2 Å². The fraction of sp³-hybridized carbons (Fsp3) is 0.419. The van der Waals surface area contributed by atoms with Crippen LogP contribution in [0.2, 0.25) is 0 Å². The van der Waals surface area contributed by atoms with Gasteiger partial charge in [0.2, 0.25) is 0 Å². The first-order valence-electron chi connectivity index (χ1n) is 13.8. The van der Waals surface area contributed by atoms with Crippen LogP contribution in [-0.2, 0) is 27.2 Å². The molecule has 2 heterocycles. The van der Waals surface area contributed by atoms with E-state index in [1.165, 1.54) is 16.3 Å². The number of rotatable bonds is 10. The van der Waals surface area contributed by atoms with Crippen LogP contribution in [0.3, 0.4) is 0 Å². The second kappa shape index (κ2) is 16.3. The molecule has 1 fully saturated rings. The van der Waals surface area contributed by atoms with Crippen molar-refractivity contribution in [3.63, 3.8) is 0 Å². The zero-order chi connectivity index (χ0) is 28.7. The Balaban J connectivity index is 0.000000222. The molecule has 0 aliphatic carbocycles. The van der Waals surface area contributed by atoms with E-state index < -0.39 is 0 Å². The largest absolute Gasteiger partial charge is 0.466 e. The van der Waals surface area contributed by atoms with Gasteiger partial charge in [-0.3, -0.25) is 19.3 Å². The predicted molar refractivity (Wildman–Crippen MR) is 155 cm³/mol. The first kappa shape index (κ1) is 30.7. The molecule has 0 bridgehead atoms. The molecule has 214 valence electrons. The molecule has 0 saturated carbocycles. The summed E-state index contributed by atoms with van der Waals surface area (Å²) in [5.74, 6) is -0.234. The molecule has 4 rings (SSSR count). The van der Waals surface area contributed by atoms with Crippen LogP contribution in [0.5, 0.6) is 0 Å². The number of esters is 1. The van der Waals surface area contributed by atoms with Crippen LogP contribution in [0.4, 0.5) is 0 Å². The van der Waals surface area contributed by atoms with Gasteiger partial charge in [0.05, 0.1) is 38.5 Å². The first-order valence-corrected chi connectivity index (χ1v) is 13.8. The molecule has 0 radical (unpaired) electrons. The second-order valence-corrected chi connectivity index (χ2v) is 9.70. The van der Waals surface area contributed by atoms with E-state index in [2.05, 4.69) is 15.3 Å². The maximum Gasteiger partial charge on any atom is 0.310 e. The Labute approximate surface area is 236 Å². The Morgan fingerprint density at radius 3 is 2.45 bits per heavy atom. The second-order valence-electron chi connectivity index (χ2n) is 9.70. The Hall–Kier alpha value is -3.82. The van der Waals surface area contributed by atoms with Gasteiger partial charge in [0.15, 0.2) is 0 Å². The van der Waals surface area contributed by atoms with E-state index in [-0.39, 0.29) is 23.9 Å². The average molecular weight is 549 g/mol. The van der Waals surface area contributed by atoms with Gasteiger partial charge in [-0.1, -0.05) is 42.0 Å². The summed E-state index contributed by atoms with van der Waals surface area (Å²) in [5.41, 5.74) is 4.35. The van der Waals surface area contributed by atoms with Crippen LogP contribution in [0, 0.1) is 13.8 Å². The molecule has 2 aromatic carbocycles. The van der Waals surface area contributed by atoms with Crippen LogP contribution in [-0.4, -0.2) is 72.6 Å². The third kappa shape index (κ3) is 10.7. The number of carbonyl (C=O) groups excluding carboxylic acids is 2. The number of benzene rings is 2. The van der Waals surface area contributed by atoms with E-state index >= 15 is 0 Å². The summed E-state index contributed by atoms with van der Waals surface area (Å²) in [7, 11) is 0. The van der Waals surface area contributed by atoms with E-state index in [9.17, 15) is 14.4 Å². The average Bonchev–Trinajstić information content (AvgIpc) is 2.95. The highest BCUT2D eigenvalue weighted by atomic mass is 16.5. The molecule has 0 spiro atoms. The zero-order valence-corrected chi connectivity index (χ0v) is 23.7. The molecule has 0 unspecified atom stereocenters. The molecule has 1 aliphatic heterocycles. The van der Waals surface area contributed by atoms with E-state index in [0.29, 0.717) is 13.2 Å². The molecule has 40 heavy (non-hydrogen) atoms. The van der Waals surface area contributed by atoms with E-state index in [0.717, 1.165) is 68.2 Å². The third-order valence-corrected chi connectivity index (χ3v) is 6.33. The van der Waals surface area contributed by atoms with E-state index in [4.69, 9.17) is 9.47 Å². The molecule has 9 nitrogen and oxygen atoms in total. The summed E-state index contributed by atoms with van der Waals surface area (Å²) >= 11 is 0. The van der Waals surface area contributed by atoms with Gasteiger partial charge in [-0.25, -0.2) is 4.68 Å². The Morgan fingerprint density at radius 1 is 1.00 bits per heavy atom. The predicted octanol–water partition coefficient (Wildman–Crippen LogP) is 3.15. The highest BCUT2D eigenvalue weighted by Crippen LogP contribution is 2.08. The minimum atomic E-state index is -0.250. The number of ether oxygens (including phenoxy) is 2. The number of morpholine rings is 1. The van der Waals surface area contributed by atoms with E-state index in [1.54, 1.807) is 13.0 Å². The van der Waals surface area contributed by atoms with Crippen molar-refractivity contribution in [2.24, 2.45) is 0 Å². The molecular formula is C31H40N4O5. The van der Waals surface area contributed by atoms with E-state index in [1.807, 2.05) is 62.4 Å². The zero-order valence-electron chi connectivity index (χ0n) is 23.7. The van der Waals surface area contributed by atoms with Gasteiger partial charge in [-0.2, -0.15) is 5.10 Å². The van der Waals surface area contributed by atoms with Crippen molar-refractivity contribution in [3.05, 3.63) is 99.0 Å². The van der Waals surface area contributed by atoms with Crippen LogP contribution >= 0.6 is 0 Å². The number of carbonyl (C=O) groups is 2. The molecule has 1 N–H and O–H groups in total. The summed E-state index contributed by atoms with van der Waals surface area (Å²) in [6.07, 6.45) is 1.22. The Bertz CT molecular complexity index is 1280. The Morgan fingerprint density at radius 2 is 1.73 bits per heavy atom. The number of amides is 1. The standard InChI is InChI=1S/C16H18N2O3.C15H22N2O2/c1-3-21-16(20)10-13-5-4-6-14(9-13)11-18-15(19)8-7-12(2)17-18;1-13-3-5-14(6-4-13)15(18)16-7-2-8-17-9-11-19-12-10-17/h4-9H,3,10-11H2,1-2H3;3-6H,2,7-12H2,1H3,(H,16,18). The number of aromatic nitrogens is 2. The maximum absolute atomic E-state index is 11.9. The maximum atomic E-state index is 11.9. The number of nitrogens with zero attached hydrogens (tertiary/aromatic N) is 3. The molecule has 9 heteroatoms. The first-order chi connectivity index (χ1) is 19.3. The number of aryl methyl sites for hydroxylation is 2. The number of hydrogen-bond acceptors (Lipinski definition) is 7. The van der Waals surface area contributed by atoms with Crippen molar-refractivity contribution >= 4 is 11.9 Å². The lowest BCUT2D eigenvalue weighted by Gasteiger charge is -2.26. The highest BCUT2D eigenvalue weighted by Gasteiger charge is 2.10. The van der Waals surface area contributed by atoms with Crippen molar-refractivity contribution in [1.29, 1.82) is 0 Å². The molecule has 3 aromatic rings. The van der Waals surface area contributed by atoms with Gasteiger partial charge >= 0.3 is 5.97 Å². The van der Waals surface area contributed by atoms with Crippen LogP contribution in [0.25, 0.3) is 0 Å². The van der Waals surface area contributed by atoms with Gasteiger partial charge in [-0.05, 0) is 63.1 Å². The highest BCUT2D eigenvalue weighted by molar-refractivity contribution is 5.94. The Kier molecular flexibility index (Phi) is 12.5. The summed E-state index contributed by atoms with van der Waals surface area (Å²) in [6, 6.07) is 18.4. The number of nitrogens with one attached hydrogen (secondary N) is 1. The molecule has 0 atom stereocenters.